The number of aromatic nitrogens is 1. The van der Waals surface area contributed by atoms with E-state index in [0.717, 1.165) is 23.9 Å². The molecule has 20 heavy (non-hydrogen) atoms. The molecule has 0 bridgehead atoms. The van der Waals surface area contributed by atoms with Gasteiger partial charge in [-0.1, -0.05) is 18.2 Å². The van der Waals surface area contributed by atoms with Crippen molar-refractivity contribution in [2.75, 3.05) is 26.2 Å². The molecule has 1 saturated heterocycles. The zero-order valence-electron chi connectivity index (χ0n) is 11.3. The molecular weight excluding hydrogens is 256 g/mol. The molecule has 5 nitrogen and oxygen atoms in total. The van der Waals surface area contributed by atoms with Crippen molar-refractivity contribution in [2.45, 2.75) is 12.8 Å². The normalized spacial score (nSPS) is 15.2. The van der Waals surface area contributed by atoms with E-state index in [9.17, 15) is 9.90 Å². The van der Waals surface area contributed by atoms with Gasteiger partial charge in [0.15, 0.2) is 5.69 Å². The highest BCUT2D eigenvalue weighted by Crippen LogP contribution is 2.18. The number of fused-ring (bicyclic) bond motifs is 1. The van der Waals surface area contributed by atoms with Crippen molar-refractivity contribution in [3.8, 4) is 0 Å². The Bertz CT molecular complexity index is 617. The summed E-state index contributed by atoms with van der Waals surface area (Å²) in [6, 6.07) is 9.18. The molecule has 2 aromatic rings. The van der Waals surface area contributed by atoms with Crippen molar-refractivity contribution >= 4 is 16.9 Å². The number of aromatic carboxylic acids is 1. The lowest BCUT2D eigenvalue weighted by Gasteiger charge is -2.30. The summed E-state index contributed by atoms with van der Waals surface area (Å²) in [5, 5.41) is 10.1. The van der Waals surface area contributed by atoms with Crippen LogP contribution in [0.15, 0.2) is 30.3 Å². The predicted octanol–water partition coefficient (Wildman–Crippen LogP) is 1.86. The summed E-state index contributed by atoms with van der Waals surface area (Å²) in [5.41, 5.74) is 0.976. The summed E-state index contributed by atoms with van der Waals surface area (Å²) in [4.78, 5) is 19.3. The SMILES string of the molecule is O=C(O)c1cc2ccccc2n1OCCCN1CCC1. The Labute approximate surface area is 117 Å². The third kappa shape index (κ3) is 2.49. The van der Waals surface area contributed by atoms with Gasteiger partial charge in [0.05, 0.1) is 5.52 Å². The summed E-state index contributed by atoms with van der Waals surface area (Å²) >= 11 is 0. The molecule has 3 rings (SSSR count). The van der Waals surface area contributed by atoms with Crippen molar-refractivity contribution in [3.05, 3.63) is 36.0 Å². The minimum atomic E-state index is -0.969. The molecule has 1 aliphatic rings. The van der Waals surface area contributed by atoms with Crippen LogP contribution in [0.25, 0.3) is 10.9 Å². The zero-order chi connectivity index (χ0) is 13.9. The van der Waals surface area contributed by atoms with Crippen LogP contribution in [0, 0.1) is 0 Å². The topological polar surface area (TPSA) is 54.7 Å². The first-order chi connectivity index (χ1) is 9.75. The van der Waals surface area contributed by atoms with Gasteiger partial charge in [0, 0.05) is 11.9 Å². The van der Waals surface area contributed by atoms with Gasteiger partial charge in [0.25, 0.3) is 0 Å². The van der Waals surface area contributed by atoms with E-state index in [1.807, 2.05) is 24.3 Å². The van der Waals surface area contributed by atoms with Gasteiger partial charge in [-0.25, -0.2) is 4.79 Å². The molecule has 0 spiro atoms. The fourth-order valence-electron chi connectivity index (χ4n) is 2.47. The first-order valence-electron chi connectivity index (χ1n) is 6.95. The van der Waals surface area contributed by atoms with Crippen molar-refractivity contribution in [1.29, 1.82) is 0 Å². The standard InChI is InChI=1S/C15H18N2O3/c18-15(19)14-11-12-5-1-2-6-13(12)17(14)20-10-4-9-16-7-3-8-16/h1-2,5-6,11H,3-4,7-10H2,(H,18,19). The molecule has 5 heteroatoms. The summed E-state index contributed by atoms with van der Waals surface area (Å²) in [7, 11) is 0. The molecular formula is C15H18N2O3. The van der Waals surface area contributed by atoms with Gasteiger partial charge in [-0.05, 0) is 38.1 Å². The van der Waals surface area contributed by atoms with Gasteiger partial charge in [-0.2, -0.15) is 4.73 Å². The van der Waals surface area contributed by atoms with E-state index >= 15 is 0 Å². The highest BCUT2D eigenvalue weighted by Gasteiger charge is 2.16. The number of benzene rings is 1. The monoisotopic (exact) mass is 274 g/mol. The lowest BCUT2D eigenvalue weighted by molar-refractivity contribution is 0.0589. The Hall–Kier alpha value is -2.01. The van der Waals surface area contributed by atoms with E-state index in [1.165, 1.54) is 24.2 Å². The van der Waals surface area contributed by atoms with Gasteiger partial charge in [-0.15, -0.1) is 0 Å². The zero-order valence-corrected chi connectivity index (χ0v) is 11.3. The van der Waals surface area contributed by atoms with Gasteiger partial charge in [0.2, 0.25) is 0 Å². The van der Waals surface area contributed by atoms with Gasteiger partial charge >= 0.3 is 5.97 Å². The third-order valence-corrected chi connectivity index (χ3v) is 3.67. The first-order valence-corrected chi connectivity index (χ1v) is 6.95. The number of carboxylic acid groups (broad SMARTS) is 1. The molecule has 0 aliphatic carbocycles. The second-order valence-corrected chi connectivity index (χ2v) is 5.07. The maximum Gasteiger partial charge on any atom is 0.356 e. The van der Waals surface area contributed by atoms with E-state index < -0.39 is 5.97 Å². The van der Waals surface area contributed by atoms with Crippen LogP contribution in [0.5, 0.6) is 0 Å². The number of hydrogen-bond donors (Lipinski definition) is 1. The molecule has 0 atom stereocenters. The number of likely N-dealkylation sites (tertiary alicyclic amines) is 1. The average molecular weight is 274 g/mol. The molecule has 1 aromatic heterocycles. The Balaban J connectivity index is 1.71. The Kier molecular flexibility index (Phi) is 3.60. The molecule has 106 valence electrons. The summed E-state index contributed by atoms with van der Waals surface area (Å²) in [6.07, 6.45) is 2.19. The summed E-state index contributed by atoms with van der Waals surface area (Å²) in [6.45, 7) is 3.89. The van der Waals surface area contributed by atoms with Crippen LogP contribution in [0.2, 0.25) is 0 Å². The number of nitrogens with zero attached hydrogens (tertiary/aromatic N) is 2. The average Bonchev–Trinajstić information content (AvgIpc) is 2.76. The molecule has 2 heterocycles. The predicted molar refractivity (Wildman–Crippen MR) is 76.0 cm³/mol. The number of para-hydroxylation sites is 1. The van der Waals surface area contributed by atoms with Crippen molar-refractivity contribution in [3.63, 3.8) is 0 Å². The number of rotatable bonds is 6. The maximum absolute atomic E-state index is 11.3. The van der Waals surface area contributed by atoms with Gasteiger partial charge < -0.3 is 14.8 Å². The fraction of sp³-hybridized carbons (Fsp3) is 0.400. The molecule has 1 fully saturated rings. The van der Waals surface area contributed by atoms with E-state index in [-0.39, 0.29) is 5.69 Å². The van der Waals surface area contributed by atoms with Crippen molar-refractivity contribution in [1.82, 2.24) is 9.63 Å². The molecule has 1 aliphatic heterocycles. The van der Waals surface area contributed by atoms with Crippen LogP contribution >= 0.6 is 0 Å². The minimum absolute atomic E-state index is 0.176. The number of carbonyl (C=O) groups is 1. The lowest BCUT2D eigenvalue weighted by Crippen LogP contribution is -2.38. The summed E-state index contributed by atoms with van der Waals surface area (Å²) < 4.78 is 1.44. The van der Waals surface area contributed by atoms with Crippen molar-refractivity contribution in [2.24, 2.45) is 0 Å². The maximum atomic E-state index is 11.3. The molecule has 0 radical (unpaired) electrons. The van der Waals surface area contributed by atoms with Crippen LogP contribution in [0.1, 0.15) is 23.3 Å². The summed E-state index contributed by atoms with van der Waals surface area (Å²) in [5.74, 6) is -0.969. The third-order valence-electron chi connectivity index (χ3n) is 3.67. The van der Waals surface area contributed by atoms with Crippen LogP contribution < -0.4 is 4.84 Å². The van der Waals surface area contributed by atoms with E-state index in [1.54, 1.807) is 6.07 Å². The minimum Gasteiger partial charge on any atom is -0.476 e. The molecule has 1 N–H and O–H groups in total. The Morgan fingerprint density at radius 2 is 2.10 bits per heavy atom. The Morgan fingerprint density at radius 1 is 1.30 bits per heavy atom. The van der Waals surface area contributed by atoms with E-state index in [4.69, 9.17) is 4.84 Å². The quantitative estimate of drug-likeness (QED) is 0.817. The number of carboxylic acids is 1. The fourth-order valence-corrected chi connectivity index (χ4v) is 2.47. The highest BCUT2D eigenvalue weighted by molar-refractivity contribution is 5.94. The van der Waals surface area contributed by atoms with Gasteiger partial charge in [0.1, 0.15) is 6.61 Å². The highest BCUT2D eigenvalue weighted by atomic mass is 16.7. The van der Waals surface area contributed by atoms with E-state index in [2.05, 4.69) is 4.90 Å². The largest absolute Gasteiger partial charge is 0.476 e. The number of hydrogen-bond acceptors (Lipinski definition) is 3. The molecule has 0 unspecified atom stereocenters. The van der Waals surface area contributed by atoms with Crippen molar-refractivity contribution < 1.29 is 14.7 Å². The van der Waals surface area contributed by atoms with Gasteiger partial charge in [-0.3, -0.25) is 0 Å². The lowest BCUT2D eigenvalue weighted by atomic mass is 10.2. The second-order valence-electron chi connectivity index (χ2n) is 5.07. The first kappa shape index (κ1) is 13.0. The van der Waals surface area contributed by atoms with Crippen LogP contribution in [-0.2, 0) is 0 Å². The van der Waals surface area contributed by atoms with Crippen LogP contribution in [0.3, 0.4) is 0 Å². The molecule has 0 amide bonds. The Morgan fingerprint density at radius 3 is 2.80 bits per heavy atom. The van der Waals surface area contributed by atoms with Crippen LogP contribution in [-0.4, -0.2) is 46.9 Å². The van der Waals surface area contributed by atoms with Crippen LogP contribution in [0.4, 0.5) is 0 Å². The van der Waals surface area contributed by atoms with E-state index in [0.29, 0.717) is 6.61 Å². The molecule has 0 saturated carbocycles. The smallest absolute Gasteiger partial charge is 0.356 e. The second kappa shape index (κ2) is 5.54. The molecule has 1 aromatic carbocycles.